The number of carbonyl (C=O) groups excluding carboxylic acids is 2. The van der Waals surface area contributed by atoms with Gasteiger partial charge in [0.1, 0.15) is 6.04 Å². The summed E-state index contributed by atoms with van der Waals surface area (Å²) in [7, 11) is 0. The van der Waals surface area contributed by atoms with Gasteiger partial charge in [-0.2, -0.15) is 0 Å². The van der Waals surface area contributed by atoms with E-state index in [-0.39, 0.29) is 17.7 Å². The van der Waals surface area contributed by atoms with Crippen molar-refractivity contribution in [2.45, 2.75) is 32.2 Å². The monoisotopic (exact) mass is 484 g/mol. The molecule has 0 saturated carbocycles. The second-order valence-electron chi connectivity index (χ2n) is 9.76. The number of piperazine rings is 1. The second-order valence-corrected chi connectivity index (χ2v) is 9.76. The molecular formula is C30H36N4O2. The average Bonchev–Trinajstić information content (AvgIpc) is 2.92. The lowest BCUT2D eigenvalue weighted by Crippen LogP contribution is -2.57. The standard InChI is InChI=1S/C30H36N4O2/c1-23(2)28(30(36)34-21-19-33(20-22-34)18-15-24-13-16-31-17-14-24)32-29(35)27(25-9-5-3-6-10-25)26-11-7-4-8-12-26/h3-14,16-17,23,27-28H,15,18-22H2,1-2H3,(H,32,35)/t28-/m1/s1. The Morgan fingerprint density at radius 3 is 1.92 bits per heavy atom. The summed E-state index contributed by atoms with van der Waals surface area (Å²) in [5.74, 6) is -0.618. The minimum atomic E-state index is -0.559. The fourth-order valence-electron chi connectivity index (χ4n) is 4.76. The van der Waals surface area contributed by atoms with Gasteiger partial charge in [0.25, 0.3) is 0 Å². The maximum Gasteiger partial charge on any atom is 0.245 e. The summed E-state index contributed by atoms with van der Waals surface area (Å²) in [5, 5.41) is 3.12. The van der Waals surface area contributed by atoms with E-state index in [0.29, 0.717) is 13.1 Å². The summed E-state index contributed by atoms with van der Waals surface area (Å²) in [6, 6.07) is 23.1. The van der Waals surface area contributed by atoms with Crippen molar-refractivity contribution in [1.82, 2.24) is 20.1 Å². The van der Waals surface area contributed by atoms with E-state index in [1.165, 1.54) is 5.56 Å². The molecule has 1 saturated heterocycles. The zero-order valence-electron chi connectivity index (χ0n) is 21.2. The van der Waals surface area contributed by atoms with Gasteiger partial charge in [-0.3, -0.25) is 19.5 Å². The van der Waals surface area contributed by atoms with Crippen molar-refractivity contribution < 1.29 is 9.59 Å². The Kier molecular flexibility index (Phi) is 8.85. The molecule has 36 heavy (non-hydrogen) atoms. The first-order chi connectivity index (χ1) is 17.5. The number of carbonyl (C=O) groups is 2. The molecule has 2 heterocycles. The summed E-state index contributed by atoms with van der Waals surface area (Å²) >= 11 is 0. The molecule has 1 N–H and O–H groups in total. The first-order valence-electron chi connectivity index (χ1n) is 12.8. The minimum Gasteiger partial charge on any atom is -0.343 e. The van der Waals surface area contributed by atoms with Gasteiger partial charge in [-0.1, -0.05) is 74.5 Å². The number of benzene rings is 2. The van der Waals surface area contributed by atoms with Crippen molar-refractivity contribution in [3.63, 3.8) is 0 Å². The number of amides is 2. The Balaban J connectivity index is 1.39. The predicted octanol–water partition coefficient (Wildman–Crippen LogP) is 3.74. The fourth-order valence-corrected chi connectivity index (χ4v) is 4.76. The van der Waals surface area contributed by atoms with Gasteiger partial charge in [0.05, 0.1) is 5.92 Å². The number of pyridine rings is 1. The lowest BCUT2D eigenvalue weighted by atomic mass is 9.89. The SMILES string of the molecule is CC(C)[C@@H](NC(=O)C(c1ccccc1)c1ccccc1)C(=O)N1CCN(CCc2ccncc2)CC1. The van der Waals surface area contributed by atoms with Gasteiger partial charge in [0, 0.05) is 45.1 Å². The molecule has 2 amide bonds. The van der Waals surface area contributed by atoms with Gasteiger partial charge in [-0.15, -0.1) is 0 Å². The predicted molar refractivity (Wildman–Crippen MR) is 142 cm³/mol. The van der Waals surface area contributed by atoms with Gasteiger partial charge in [-0.25, -0.2) is 0 Å². The quantitative estimate of drug-likeness (QED) is 0.503. The van der Waals surface area contributed by atoms with Gasteiger partial charge < -0.3 is 10.2 Å². The van der Waals surface area contributed by atoms with Crippen LogP contribution in [0.25, 0.3) is 0 Å². The van der Waals surface area contributed by atoms with Crippen LogP contribution in [0, 0.1) is 5.92 Å². The molecule has 4 rings (SSSR count). The van der Waals surface area contributed by atoms with Crippen LogP contribution in [-0.4, -0.2) is 65.4 Å². The number of nitrogens with zero attached hydrogens (tertiary/aromatic N) is 3. The molecule has 3 aromatic rings. The molecule has 1 aromatic heterocycles. The van der Waals surface area contributed by atoms with Crippen molar-refractivity contribution in [2.75, 3.05) is 32.7 Å². The highest BCUT2D eigenvalue weighted by Crippen LogP contribution is 2.25. The van der Waals surface area contributed by atoms with Crippen LogP contribution in [0.4, 0.5) is 0 Å². The second kappa shape index (κ2) is 12.5. The third kappa shape index (κ3) is 6.58. The van der Waals surface area contributed by atoms with Crippen molar-refractivity contribution in [3.05, 3.63) is 102 Å². The first kappa shape index (κ1) is 25.6. The summed E-state index contributed by atoms with van der Waals surface area (Å²) in [4.78, 5) is 35.6. The molecule has 6 heteroatoms. The minimum absolute atomic E-state index is 0.00649. The van der Waals surface area contributed by atoms with E-state index in [9.17, 15) is 9.59 Å². The van der Waals surface area contributed by atoms with Crippen molar-refractivity contribution in [3.8, 4) is 0 Å². The molecule has 0 radical (unpaired) electrons. The van der Waals surface area contributed by atoms with Crippen LogP contribution in [0.15, 0.2) is 85.2 Å². The molecule has 2 aromatic carbocycles. The summed E-state index contributed by atoms with van der Waals surface area (Å²) in [6.45, 7) is 7.98. The zero-order valence-corrected chi connectivity index (χ0v) is 21.2. The van der Waals surface area contributed by atoms with Crippen LogP contribution in [-0.2, 0) is 16.0 Å². The van der Waals surface area contributed by atoms with Crippen molar-refractivity contribution >= 4 is 11.8 Å². The lowest BCUT2D eigenvalue weighted by Gasteiger charge is -2.37. The number of nitrogens with one attached hydrogen (secondary N) is 1. The molecule has 0 aliphatic carbocycles. The van der Waals surface area contributed by atoms with E-state index in [1.807, 2.05) is 104 Å². The van der Waals surface area contributed by atoms with Crippen LogP contribution < -0.4 is 5.32 Å². The number of rotatable bonds is 9. The van der Waals surface area contributed by atoms with Gasteiger partial charge in [0.2, 0.25) is 11.8 Å². The third-order valence-electron chi connectivity index (χ3n) is 6.91. The maximum absolute atomic E-state index is 13.6. The molecular weight excluding hydrogens is 448 g/mol. The highest BCUT2D eigenvalue weighted by Gasteiger charge is 2.33. The maximum atomic E-state index is 13.6. The zero-order chi connectivity index (χ0) is 25.3. The highest BCUT2D eigenvalue weighted by atomic mass is 16.2. The van der Waals surface area contributed by atoms with Crippen LogP contribution >= 0.6 is 0 Å². The van der Waals surface area contributed by atoms with Crippen LogP contribution in [0.2, 0.25) is 0 Å². The lowest BCUT2D eigenvalue weighted by molar-refractivity contribution is -0.139. The molecule has 1 aliphatic heterocycles. The Morgan fingerprint density at radius 1 is 0.833 bits per heavy atom. The van der Waals surface area contributed by atoms with Gasteiger partial charge in [0.15, 0.2) is 0 Å². The normalized spacial score (nSPS) is 15.2. The van der Waals surface area contributed by atoms with Crippen LogP contribution in [0.5, 0.6) is 0 Å². The van der Waals surface area contributed by atoms with Gasteiger partial charge in [-0.05, 0) is 41.2 Å². The summed E-state index contributed by atoms with van der Waals surface area (Å²) < 4.78 is 0. The molecule has 1 aliphatic rings. The highest BCUT2D eigenvalue weighted by molar-refractivity contribution is 5.92. The van der Waals surface area contributed by atoms with E-state index in [2.05, 4.69) is 15.2 Å². The smallest absolute Gasteiger partial charge is 0.245 e. The van der Waals surface area contributed by atoms with Crippen molar-refractivity contribution in [1.29, 1.82) is 0 Å². The molecule has 0 unspecified atom stereocenters. The first-order valence-corrected chi connectivity index (χ1v) is 12.8. The summed E-state index contributed by atoms with van der Waals surface area (Å²) in [5.41, 5.74) is 3.11. The van der Waals surface area contributed by atoms with Crippen molar-refractivity contribution in [2.24, 2.45) is 5.92 Å². The molecule has 188 valence electrons. The molecule has 1 fully saturated rings. The number of aromatic nitrogens is 1. The topological polar surface area (TPSA) is 65.5 Å². The van der Waals surface area contributed by atoms with Crippen LogP contribution in [0.3, 0.4) is 0 Å². The van der Waals surface area contributed by atoms with E-state index >= 15 is 0 Å². The largest absolute Gasteiger partial charge is 0.343 e. The van der Waals surface area contributed by atoms with E-state index in [0.717, 1.165) is 37.2 Å². The third-order valence-corrected chi connectivity index (χ3v) is 6.91. The Bertz CT molecular complexity index is 1060. The average molecular weight is 485 g/mol. The summed E-state index contributed by atoms with van der Waals surface area (Å²) in [6.07, 6.45) is 4.63. The Labute approximate surface area is 214 Å². The van der Waals surface area contributed by atoms with E-state index < -0.39 is 12.0 Å². The molecule has 0 spiro atoms. The fraction of sp³-hybridized carbons (Fsp3) is 0.367. The van der Waals surface area contributed by atoms with Crippen LogP contribution in [0.1, 0.15) is 36.5 Å². The van der Waals surface area contributed by atoms with Gasteiger partial charge >= 0.3 is 0 Å². The molecule has 6 nitrogen and oxygen atoms in total. The Hall–Kier alpha value is -3.51. The number of hydrogen-bond acceptors (Lipinski definition) is 4. The number of hydrogen-bond donors (Lipinski definition) is 1. The molecule has 0 bridgehead atoms. The molecule has 1 atom stereocenters. The van der Waals surface area contributed by atoms with E-state index in [4.69, 9.17) is 0 Å². The van der Waals surface area contributed by atoms with E-state index in [1.54, 1.807) is 0 Å². The Morgan fingerprint density at radius 2 is 1.39 bits per heavy atom.